The van der Waals surface area contributed by atoms with Gasteiger partial charge in [-0.15, -0.1) is 0 Å². The minimum absolute atomic E-state index is 0.0142. The van der Waals surface area contributed by atoms with Gasteiger partial charge in [-0.2, -0.15) is 0 Å². The lowest BCUT2D eigenvalue weighted by Gasteiger charge is -2.21. The third-order valence-electron chi connectivity index (χ3n) is 8.25. The zero-order valence-electron chi connectivity index (χ0n) is 25.1. The van der Waals surface area contributed by atoms with E-state index in [0.717, 1.165) is 45.1 Å². The molecule has 4 heterocycles. The molecule has 220 valence electrons. The minimum atomic E-state index is -0.374. The SMILES string of the molecule is CC1OB(c2ccc(COc3c(Cc4ccco4)nc4c(Cc5ccccc5)nc(-c5ccccc5)cn34)cc2)OC1(C)C. The number of imidazole rings is 1. The summed E-state index contributed by atoms with van der Waals surface area (Å²) in [6.07, 6.45) is 4.86. The first-order valence-electron chi connectivity index (χ1n) is 15.0. The van der Waals surface area contributed by atoms with E-state index in [1.165, 1.54) is 5.56 Å². The number of aromatic nitrogens is 3. The van der Waals surface area contributed by atoms with E-state index in [9.17, 15) is 0 Å². The smallest absolute Gasteiger partial charge is 0.472 e. The lowest BCUT2D eigenvalue weighted by molar-refractivity contribution is 0.0842. The second-order valence-corrected chi connectivity index (χ2v) is 11.8. The van der Waals surface area contributed by atoms with E-state index in [4.69, 9.17) is 28.4 Å². The van der Waals surface area contributed by atoms with Crippen LogP contribution in [-0.4, -0.2) is 33.2 Å². The predicted molar refractivity (Wildman–Crippen MR) is 171 cm³/mol. The lowest BCUT2D eigenvalue weighted by atomic mass is 9.79. The molecule has 7 nitrogen and oxygen atoms in total. The largest absolute Gasteiger partial charge is 0.494 e. The first-order valence-corrected chi connectivity index (χ1v) is 15.0. The highest BCUT2D eigenvalue weighted by Gasteiger charge is 2.43. The summed E-state index contributed by atoms with van der Waals surface area (Å²) in [6, 6.07) is 32.6. The second-order valence-electron chi connectivity index (χ2n) is 11.8. The minimum Gasteiger partial charge on any atom is -0.472 e. The summed E-state index contributed by atoms with van der Waals surface area (Å²) in [5.74, 6) is 1.49. The normalized spacial score (nSPS) is 16.1. The van der Waals surface area contributed by atoms with Crippen molar-refractivity contribution in [1.82, 2.24) is 14.4 Å². The molecule has 1 saturated heterocycles. The van der Waals surface area contributed by atoms with Gasteiger partial charge in [-0.25, -0.2) is 9.97 Å². The Morgan fingerprint density at radius 2 is 1.57 bits per heavy atom. The number of benzene rings is 3. The summed E-state index contributed by atoms with van der Waals surface area (Å²) >= 11 is 0. The molecule has 1 aliphatic heterocycles. The maximum atomic E-state index is 6.61. The molecule has 3 aromatic heterocycles. The van der Waals surface area contributed by atoms with Crippen LogP contribution in [0.3, 0.4) is 0 Å². The number of rotatable bonds is 9. The second kappa shape index (κ2) is 11.8. The summed E-state index contributed by atoms with van der Waals surface area (Å²) < 4.78 is 26.6. The zero-order chi connectivity index (χ0) is 30.1. The van der Waals surface area contributed by atoms with Crippen molar-refractivity contribution in [1.29, 1.82) is 0 Å². The maximum absolute atomic E-state index is 6.61. The van der Waals surface area contributed by atoms with Crippen molar-refractivity contribution < 1.29 is 18.5 Å². The Kier molecular flexibility index (Phi) is 7.54. The molecule has 8 heteroatoms. The van der Waals surface area contributed by atoms with Crippen LogP contribution in [0.25, 0.3) is 16.9 Å². The molecule has 1 aliphatic rings. The fourth-order valence-electron chi connectivity index (χ4n) is 5.45. The summed E-state index contributed by atoms with van der Waals surface area (Å²) in [5.41, 5.74) is 7.18. The van der Waals surface area contributed by atoms with Gasteiger partial charge in [0.2, 0.25) is 5.88 Å². The molecular weight excluding hydrogens is 549 g/mol. The van der Waals surface area contributed by atoms with Crippen LogP contribution in [-0.2, 0) is 28.8 Å². The molecule has 7 rings (SSSR count). The van der Waals surface area contributed by atoms with Gasteiger partial charge in [0.25, 0.3) is 0 Å². The van der Waals surface area contributed by atoms with Gasteiger partial charge in [0.15, 0.2) is 5.65 Å². The van der Waals surface area contributed by atoms with E-state index in [2.05, 4.69) is 50.2 Å². The van der Waals surface area contributed by atoms with E-state index in [1.807, 2.05) is 78.2 Å². The molecule has 0 N–H and O–H groups in total. The molecule has 0 aliphatic carbocycles. The Morgan fingerprint density at radius 3 is 2.25 bits per heavy atom. The van der Waals surface area contributed by atoms with E-state index in [1.54, 1.807) is 6.26 Å². The average Bonchev–Trinajstić information content (AvgIpc) is 3.75. The van der Waals surface area contributed by atoms with E-state index < -0.39 is 0 Å². The van der Waals surface area contributed by atoms with Crippen LogP contribution >= 0.6 is 0 Å². The molecule has 0 bridgehead atoms. The Labute approximate surface area is 257 Å². The summed E-state index contributed by atoms with van der Waals surface area (Å²) in [7, 11) is -0.374. The van der Waals surface area contributed by atoms with Crippen LogP contribution in [0, 0.1) is 0 Å². The fourth-order valence-corrected chi connectivity index (χ4v) is 5.45. The van der Waals surface area contributed by atoms with Gasteiger partial charge >= 0.3 is 7.12 Å². The predicted octanol–water partition coefficient (Wildman–Crippen LogP) is 6.66. The molecule has 1 unspecified atom stereocenters. The van der Waals surface area contributed by atoms with Gasteiger partial charge in [0.1, 0.15) is 18.1 Å². The van der Waals surface area contributed by atoms with Gasteiger partial charge < -0.3 is 18.5 Å². The summed E-state index contributed by atoms with van der Waals surface area (Å²) in [6.45, 7) is 6.52. The zero-order valence-corrected chi connectivity index (χ0v) is 25.1. The molecule has 1 atom stereocenters. The highest BCUT2D eigenvalue weighted by Crippen LogP contribution is 2.30. The van der Waals surface area contributed by atoms with Crippen LogP contribution in [0.15, 0.2) is 114 Å². The number of hydrogen-bond donors (Lipinski definition) is 0. The Hall–Kier alpha value is -4.66. The molecule has 3 aromatic carbocycles. The average molecular weight is 583 g/mol. The Balaban J connectivity index is 1.25. The van der Waals surface area contributed by atoms with Crippen molar-refractivity contribution in [3.8, 4) is 17.1 Å². The van der Waals surface area contributed by atoms with Crippen molar-refractivity contribution in [3.63, 3.8) is 0 Å². The van der Waals surface area contributed by atoms with Gasteiger partial charge in [0, 0.05) is 18.2 Å². The molecule has 0 saturated carbocycles. The Bertz CT molecular complexity index is 1850. The highest BCUT2D eigenvalue weighted by atomic mass is 16.7. The first-order chi connectivity index (χ1) is 21.4. The first kappa shape index (κ1) is 28.1. The van der Waals surface area contributed by atoms with Gasteiger partial charge in [-0.3, -0.25) is 4.40 Å². The third kappa shape index (κ3) is 5.78. The Morgan fingerprint density at radius 1 is 0.818 bits per heavy atom. The van der Waals surface area contributed by atoms with Crippen LogP contribution < -0.4 is 10.2 Å². The van der Waals surface area contributed by atoms with Gasteiger partial charge in [0.05, 0.1) is 35.8 Å². The van der Waals surface area contributed by atoms with E-state index >= 15 is 0 Å². The number of fused-ring (bicyclic) bond motifs is 1. The quantitative estimate of drug-likeness (QED) is 0.177. The third-order valence-corrected chi connectivity index (χ3v) is 8.25. The van der Waals surface area contributed by atoms with Crippen molar-refractivity contribution in [3.05, 3.63) is 138 Å². The topological polar surface area (TPSA) is 71.0 Å². The molecule has 1 fully saturated rings. The van der Waals surface area contributed by atoms with Gasteiger partial charge in [-0.05, 0) is 49.5 Å². The van der Waals surface area contributed by atoms with Gasteiger partial charge in [-0.1, -0.05) is 84.9 Å². The van der Waals surface area contributed by atoms with Crippen LogP contribution in [0.5, 0.6) is 5.88 Å². The monoisotopic (exact) mass is 583 g/mol. The van der Waals surface area contributed by atoms with Crippen LogP contribution in [0.2, 0.25) is 0 Å². The highest BCUT2D eigenvalue weighted by molar-refractivity contribution is 6.62. The summed E-state index contributed by atoms with van der Waals surface area (Å²) in [4.78, 5) is 10.2. The number of ether oxygens (including phenoxy) is 1. The standard InChI is InChI=1S/C36H34BN3O4/c1-25-36(2,3)44-37(43-25)29-18-16-27(17-19-29)24-42-35-32(22-30-15-10-20-41-30)39-34-31(21-26-11-6-4-7-12-26)38-33(23-40(34)35)28-13-8-5-9-14-28/h4-20,23,25H,21-22,24H2,1-3H3. The number of hydrogen-bond acceptors (Lipinski definition) is 6. The fraction of sp³-hybridized carbons (Fsp3) is 0.222. The maximum Gasteiger partial charge on any atom is 0.494 e. The summed E-state index contributed by atoms with van der Waals surface area (Å²) in [5, 5.41) is 0. The van der Waals surface area contributed by atoms with Crippen LogP contribution in [0.4, 0.5) is 0 Å². The van der Waals surface area contributed by atoms with Crippen molar-refractivity contribution in [2.45, 2.75) is 51.9 Å². The number of furan rings is 1. The molecule has 44 heavy (non-hydrogen) atoms. The molecule has 0 amide bonds. The van der Waals surface area contributed by atoms with Crippen LogP contribution in [0.1, 0.15) is 49.0 Å². The molecular formula is C36H34BN3O4. The van der Waals surface area contributed by atoms with E-state index in [0.29, 0.717) is 25.3 Å². The number of nitrogens with zero attached hydrogens (tertiary/aromatic N) is 3. The molecule has 0 radical (unpaired) electrons. The molecule has 6 aromatic rings. The van der Waals surface area contributed by atoms with Crippen molar-refractivity contribution >= 4 is 18.2 Å². The van der Waals surface area contributed by atoms with E-state index in [-0.39, 0.29) is 18.8 Å². The lowest BCUT2D eigenvalue weighted by Crippen LogP contribution is -2.34. The van der Waals surface area contributed by atoms with Crippen molar-refractivity contribution in [2.24, 2.45) is 0 Å². The molecule has 0 spiro atoms. The van der Waals surface area contributed by atoms with Crippen molar-refractivity contribution in [2.75, 3.05) is 0 Å².